The number of anilines is 1. The van der Waals surface area contributed by atoms with Gasteiger partial charge in [-0.15, -0.1) is 0 Å². The summed E-state index contributed by atoms with van der Waals surface area (Å²) in [4.78, 5) is 4.64. The van der Waals surface area contributed by atoms with Crippen molar-refractivity contribution in [3.05, 3.63) is 54.1 Å². The lowest BCUT2D eigenvalue weighted by Crippen LogP contribution is -1.92. The Balaban J connectivity index is 2.41. The zero-order chi connectivity index (χ0) is 12.5. The predicted octanol–water partition coefficient (Wildman–Crippen LogP) is 4.00. The second-order valence-electron chi connectivity index (χ2n) is 4.32. The van der Waals surface area contributed by atoms with Gasteiger partial charge in [-0.3, -0.25) is 0 Å². The fourth-order valence-electron chi connectivity index (χ4n) is 2.24. The van der Waals surface area contributed by atoms with Crippen LogP contribution in [-0.4, -0.2) is 4.98 Å². The first-order chi connectivity index (χ1) is 8.79. The summed E-state index contributed by atoms with van der Waals surface area (Å²) in [6.07, 6.45) is 4.08. The van der Waals surface area contributed by atoms with E-state index in [0.717, 1.165) is 33.1 Å². The first-order valence-corrected chi connectivity index (χ1v) is 6.00. The number of aromatic nitrogens is 1. The van der Waals surface area contributed by atoms with Gasteiger partial charge in [0.15, 0.2) is 0 Å². The maximum absolute atomic E-state index is 6.26. The van der Waals surface area contributed by atoms with Crippen LogP contribution in [-0.2, 0) is 0 Å². The van der Waals surface area contributed by atoms with Crippen LogP contribution in [0.15, 0.2) is 48.5 Å². The molecule has 0 unspecified atom stereocenters. The average Bonchev–Trinajstić information content (AvgIpc) is 2.40. The van der Waals surface area contributed by atoms with E-state index in [-0.39, 0.29) is 0 Å². The number of hydrogen-bond donors (Lipinski definition) is 1. The van der Waals surface area contributed by atoms with Crippen molar-refractivity contribution < 1.29 is 0 Å². The summed E-state index contributed by atoms with van der Waals surface area (Å²) in [7, 11) is 0. The second kappa shape index (κ2) is 4.15. The standard InChI is InChI=1S/C16H14N2/c1-2-5-11-8-9-15-13(10-11)16(17)12-6-3-4-7-14(12)18-15/h2-10H,1H3,(H2,17,18)/b5-2+. The summed E-state index contributed by atoms with van der Waals surface area (Å²) in [6, 6.07) is 14.1. The third-order valence-corrected chi connectivity index (χ3v) is 3.11. The highest BCUT2D eigenvalue weighted by Gasteiger charge is 2.05. The van der Waals surface area contributed by atoms with Crippen molar-refractivity contribution in [3.8, 4) is 0 Å². The zero-order valence-corrected chi connectivity index (χ0v) is 10.2. The first-order valence-electron chi connectivity index (χ1n) is 6.00. The van der Waals surface area contributed by atoms with Gasteiger partial charge in [0.1, 0.15) is 0 Å². The lowest BCUT2D eigenvalue weighted by Gasteiger charge is -2.07. The second-order valence-corrected chi connectivity index (χ2v) is 4.32. The van der Waals surface area contributed by atoms with Crippen molar-refractivity contribution in [1.29, 1.82) is 0 Å². The van der Waals surface area contributed by atoms with E-state index in [1.807, 2.05) is 43.3 Å². The molecule has 3 aromatic rings. The molecule has 2 N–H and O–H groups in total. The minimum Gasteiger partial charge on any atom is -0.398 e. The fourth-order valence-corrected chi connectivity index (χ4v) is 2.24. The fraction of sp³-hybridized carbons (Fsp3) is 0.0625. The topological polar surface area (TPSA) is 38.9 Å². The zero-order valence-electron chi connectivity index (χ0n) is 10.2. The normalized spacial score (nSPS) is 11.6. The van der Waals surface area contributed by atoms with Crippen LogP contribution in [0.5, 0.6) is 0 Å². The number of rotatable bonds is 1. The van der Waals surface area contributed by atoms with E-state index in [9.17, 15) is 0 Å². The lowest BCUT2D eigenvalue weighted by atomic mass is 10.1. The van der Waals surface area contributed by atoms with Crippen molar-refractivity contribution >= 4 is 33.6 Å². The SMILES string of the molecule is C/C=C/c1ccc2nc3ccccc3c(N)c2c1. The summed E-state index contributed by atoms with van der Waals surface area (Å²) >= 11 is 0. The van der Waals surface area contributed by atoms with Gasteiger partial charge in [-0.25, -0.2) is 4.98 Å². The Morgan fingerprint density at radius 1 is 1.00 bits per heavy atom. The van der Waals surface area contributed by atoms with Gasteiger partial charge in [-0.1, -0.05) is 36.4 Å². The van der Waals surface area contributed by atoms with Crippen molar-refractivity contribution in [2.24, 2.45) is 0 Å². The van der Waals surface area contributed by atoms with Crippen molar-refractivity contribution in [1.82, 2.24) is 4.98 Å². The molecule has 0 amide bonds. The third-order valence-electron chi connectivity index (χ3n) is 3.11. The Morgan fingerprint density at radius 3 is 2.61 bits per heavy atom. The van der Waals surface area contributed by atoms with E-state index in [4.69, 9.17) is 5.73 Å². The molecule has 0 radical (unpaired) electrons. The number of pyridine rings is 1. The van der Waals surface area contributed by atoms with Gasteiger partial charge in [0, 0.05) is 10.8 Å². The number of benzene rings is 2. The molecular weight excluding hydrogens is 220 g/mol. The number of nitrogens with zero attached hydrogens (tertiary/aromatic N) is 1. The van der Waals surface area contributed by atoms with E-state index >= 15 is 0 Å². The van der Waals surface area contributed by atoms with Gasteiger partial charge in [-0.2, -0.15) is 0 Å². The molecule has 3 rings (SSSR count). The molecule has 0 aliphatic carbocycles. The van der Waals surface area contributed by atoms with Crippen LogP contribution in [0.25, 0.3) is 27.9 Å². The summed E-state index contributed by atoms with van der Waals surface area (Å²) in [5, 5.41) is 2.03. The molecule has 0 bridgehead atoms. The van der Waals surface area contributed by atoms with Gasteiger partial charge < -0.3 is 5.73 Å². The molecule has 0 spiro atoms. The predicted molar refractivity (Wildman–Crippen MR) is 78.4 cm³/mol. The molecule has 0 aliphatic heterocycles. The highest BCUT2D eigenvalue weighted by molar-refractivity contribution is 6.06. The monoisotopic (exact) mass is 234 g/mol. The van der Waals surface area contributed by atoms with Crippen LogP contribution in [0.4, 0.5) is 5.69 Å². The van der Waals surface area contributed by atoms with Gasteiger partial charge in [-0.05, 0) is 30.7 Å². The van der Waals surface area contributed by atoms with E-state index in [0.29, 0.717) is 0 Å². The number of para-hydroxylation sites is 1. The number of hydrogen-bond acceptors (Lipinski definition) is 2. The molecule has 2 heteroatoms. The lowest BCUT2D eigenvalue weighted by molar-refractivity contribution is 1.49. The smallest absolute Gasteiger partial charge is 0.0730 e. The Labute approximate surface area is 106 Å². The Hall–Kier alpha value is -2.35. The number of nitrogens with two attached hydrogens (primary N) is 1. The highest BCUT2D eigenvalue weighted by atomic mass is 14.7. The maximum Gasteiger partial charge on any atom is 0.0730 e. The van der Waals surface area contributed by atoms with Crippen molar-refractivity contribution in [2.45, 2.75) is 6.92 Å². The first kappa shape index (κ1) is 10.8. The molecule has 88 valence electrons. The number of fused-ring (bicyclic) bond motifs is 2. The molecule has 2 aromatic carbocycles. The number of allylic oxidation sites excluding steroid dienone is 1. The minimum absolute atomic E-state index is 0.807. The Bertz CT molecular complexity index is 757. The molecule has 0 saturated carbocycles. The van der Waals surface area contributed by atoms with Gasteiger partial charge >= 0.3 is 0 Å². The van der Waals surface area contributed by atoms with Gasteiger partial charge in [0.25, 0.3) is 0 Å². The molecule has 1 aromatic heterocycles. The molecule has 18 heavy (non-hydrogen) atoms. The van der Waals surface area contributed by atoms with Crippen molar-refractivity contribution in [3.63, 3.8) is 0 Å². The van der Waals surface area contributed by atoms with Crippen LogP contribution in [0.1, 0.15) is 12.5 Å². The van der Waals surface area contributed by atoms with Crippen LogP contribution in [0.3, 0.4) is 0 Å². The molecular formula is C16H14N2. The Kier molecular flexibility index (Phi) is 2.49. The van der Waals surface area contributed by atoms with Crippen LogP contribution in [0.2, 0.25) is 0 Å². The molecule has 2 nitrogen and oxygen atoms in total. The molecule has 0 fully saturated rings. The highest BCUT2D eigenvalue weighted by Crippen LogP contribution is 2.28. The third kappa shape index (κ3) is 1.63. The quantitative estimate of drug-likeness (QED) is 0.646. The van der Waals surface area contributed by atoms with E-state index in [2.05, 4.69) is 23.2 Å². The van der Waals surface area contributed by atoms with E-state index in [1.54, 1.807) is 0 Å². The number of nitrogen functional groups attached to an aromatic ring is 1. The largest absolute Gasteiger partial charge is 0.398 e. The van der Waals surface area contributed by atoms with Crippen LogP contribution >= 0.6 is 0 Å². The molecule has 0 saturated heterocycles. The Morgan fingerprint density at radius 2 is 1.78 bits per heavy atom. The van der Waals surface area contributed by atoms with E-state index < -0.39 is 0 Å². The van der Waals surface area contributed by atoms with Crippen LogP contribution < -0.4 is 5.73 Å². The van der Waals surface area contributed by atoms with E-state index in [1.165, 1.54) is 0 Å². The van der Waals surface area contributed by atoms with Crippen molar-refractivity contribution in [2.75, 3.05) is 5.73 Å². The minimum atomic E-state index is 0.807. The molecule has 1 heterocycles. The van der Waals surface area contributed by atoms with Crippen LogP contribution in [0, 0.1) is 0 Å². The molecule has 0 atom stereocenters. The van der Waals surface area contributed by atoms with Gasteiger partial charge in [0.05, 0.1) is 16.7 Å². The summed E-state index contributed by atoms with van der Waals surface area (Å²) in [5.74, 6) is 0. The maximum atomic E-state index is 6.26. The summed E-state index contributed by atoms with van der Waals surface area (Å²) < 4.78 is 0. The summed E-state index contributed by atoms with van der Waals surface area (Å²) in [6.45, 7) is 2.01. The summed E-state index contributed by atoms with van der Waals surface area (Å²) in [5.41, 5.74) is 10.1. The van der Waals surface area contributed by atoms with Gasteiger partial charge in [0.2, 0.25) is 0 Å². The average molecular weight is 234 g/mol. The molecule has 0 aliphatic rings.